The van der Waals surface area contributed by atoms with Crippen molar-refractivity contribution in [3.05, 3.63) is 23.3 Å². The minimum Gasteiger partial charge on any atom is -0.268 e. The number of hydrogen-bond acceptors (Lipinski definition) is 6. The molecule has 3 aliphatic rings. The van der Waals surface area contributed by atoms with Crippen molar-refractivity contribution in [3.63, 3.8) is 0 Å². The third-order valence-corrected chi connectivity index (χ3v) is 5.48. The third kappa shape index (κ3) is 1.82. The molecule has 1 saturated heterocycles. The molecule has 0 radical (unpaired) electrons. The average molecular weight is 310 g/mol. The summed E-state index contributed by atoms with van der Waals surface area (Å²) < 4.78 is 1.98. The Morgan fingerprint density at radius 1 is 0.950 bits per heavy atom. The van der Waals surface area contributed by atoms with Gasteiger partial charge >= 0.3 is 0 Å². The maximum Gasteiger partial charge on any atom is 0.268 e. The van der Waals surface area contributed by atoms with Crippen molar-refractivity contribution >= 4 is 45.6 Å². The zero-order chi connectivity index (χ0) is 14.4. The van der Waals surface area contributed by atoms with Gasteiger partial charge in [0, 0.05) is 29.2 Å². The van der Waals surface area contributed by atoms with E-state index in [0.717, 1.165) is 37.0 Å². The predicted octanol–water partition coefficient (Wildman–Crippen LogP) is 1.22. The molecule has 104 valence electrons. The van der Waals surface area contributed by atoms with E-state index in [-0.39, 0.29) is 11.8 Å². The standard InChI is InChI=1S/C12H10N2O4S2/c1-2-3-6-7-4-9(15)13(11(7)17)19-20-14-10(16)5-8(6)12(14)18/h4-6H,2-3H2,1H3. The molecule has 3 rings (SSSR count). The fourth-order valence-corrected chi connectivity index (χ4v) is 4.39. The summed E-state index contributed by atoms with van der Waals surface area (Å²) in [6.07, 6.45) is 3.85. The van der Waals surface area contributed by atoms with Crippen molar-refractivity contribution in [2.24, 2.45) is 5.92 Å². The fraction of sp³-hybridized carbons (Fsp3) is 0.333. The van der Waals surface area contributed by atoms with Crippen molar-refractivity contribution in [1.29, 1.82) is 0 Å². The van der Waals surface area contributed by atoms with Gasteiger partial charge in [0.05, 0.1) is 22.0 Å². The van der Waals surface area contributed by atoms with Gasteiger partial charge in [0.25, 0.3) is 23.6 Å². The minimum atomic E-state index is -0.484. The van der Waals surface area contributed by atoms with E-state index in [0.29, 0.717) is 17.6 Å². The van der Waals surface area contributed by atoms with Crippen LogP contribution in [-0.4, -0.2) is 32.2 Å². The predicted molar refractivity (Wildman–Crippen MR) is 73.5 cm³/mol. The number of carbonyl (C=O) groups excluding carboxylic acids is 4. The number of rotatable bonds is 2. The molecule has 0 aromatic rings. The van der Waals surface area contributed by atoms with Gasteiger partial charge in [0.15, 0.2) is 0 Å². The van der Waals surface area contributed by atoms with Gasteiger partial charge in [-0.25, -0.2) is 8.61 Å². The Hall–Kier alpha value is -1.54. The second kappa shape index (κ2) is 4.78. The van der Waals surface area contributed by atoms with E-state index in [1.807, 2.05) is 6.92 Å². The quantitative estimate of drug-likeness (QED) is 0.434. The summed E-state index contributed by atoms with van der Waals surface area (Å²) in [6, 6.07) is 0. The van der Waals surface area contributed by atoms with Gasteiger partial charge in [-0.1, -0.05) is 13.3 Å². The van der Waals surface area contributed by atoms with Crippen LogP contribution < -0.4 is 0 Å². The van der Waals surface area contributed by atoms with Gasteiger partial charge in [-0.3, -0.25) is 19.2 Å². The van der Waals surface area contributed by atoms with E-state index in [1.165, 1.54) is 12.2 Å². The fourth-order valence-electron chi connectivity index (χ4n) is 2.42. The summed E-state index contributed by atoms with van der Waals surface area (Å²) in [5, 5.41) is 0. The first kappa shape index (κ1) is 13.4. The molecule has 4 bridgehead atoms. The van der Waals surface area contributed by atoms with Crippen LogP contribution in [0.4, 0.5) is 0 Å². The Morgan fingerprint density at radius 2 is 1.40 bits per heavy atom. The molecule has 8 heteroatoms. The van der Waals surface area contributed by atoms with Crippen LogP contribution in [0.25, 0.3) is 0 Å². The first-order chi connectivity index (χ1) is 9.54. The molecule has 0 aliphatic carbocycles. The van der Waals surface area contributed by atoms with E-state index < -0.39 is 17.7 Å². The van der Waals surface area contributed by atoms with E-state index in [2.05, 4.69) is 0 Å². The first-order valence-electron chi connectivity index (χ1n) is 6.09. The number of carbonyl (C=O) groups is 4. The van der Waals surface area contributed by atoms with Crippen LogP contribution in [0.5, 0.6) is 0 Å². The van der Waals surface area contributed by atoms with Crippen molar-refractivity contribution < 1.29 is 19.2 Å². The zero-order valence-electron chi connectivity index (χ0n) is 10.5. The summed E-state index contributed by atoms with van der Waals surface area (Å²) in [5.74, 6) is -2.08. The third-order valence-electron chi connectivity index (χ3n) is 3.33. The largest absolute Gasteiger partial charge is 0.268 e. The second-order valence-electron chi connectivity index (χ2n) is 4.57. The van der Waals surface area contributed by atoms with Crippen molar-refractivity contribution in [2.45, 2.75) is 19.8 Å². The lowest BCUT2D eigenvalue weighted by molar-refractivity contribution is -0.132. The summed E-state index contributed by atoms with van der Waals surface area (Å²) in [6.45, 7) is 1.93. The Balaban J connectivity index is 2.11. The Morgan fingerprint density at radius 3 is 1.80 bits per heavy atom. The molecule has 0 N–H and O–H groups in total. The molecule has 0 spiro atoms. The molecule has 3 heterocycles. The van der Waals surface area contributed by atoms with Crippen LogP contribution in [0.2, 0.25) is 0 Å². The number of hydrogen-bond donors (Lipinski definition) is 0. The van der Waals surface area contributed by atoms with Gasteiger partial charge in [-0.15, -0.1) is 0 Å². The first-order valence-corrected chi connectivity index (χ1v) is 8.15. The van der Waals surface area contributed by atoms with E-state index in [1.54, 1.807) is 0 Å². The van der Waals surface area contributed by atoms with E-state index in [4.69, 9.17) is 0 Å². The lowest BCUT2D eigenvalue weighted by atomic mass is 9.87. The summed E-state index contributed by atoms with van der Waals surface area (Å²) in [4.78, 5) is 48.1. The average Bonchev–Trinajstić information content (AvgIpc) is 2.84. The molecule has 3 aliphatic heterocycles. The molecule has 0 unspecified atom stereocenters. The molecule has 4 amide bonds. The molecule has 0 aromatic heterocycles. The maximum absolute atomic E-state index is 12.2. The molecule has 0 aromatic carbocycles. The molecule has 1 fully saturated rings. The van der Waals surface area contributed by atoms with Crippen molar-refractivity contribution in [2.75, 3.05) is 0 Å². The second-order valence-corrected chi connectivity index (χ2v) is 6.49. The summed E-state index contributed by atoms with van der Waals surface area (Å²) >= 11 is 0. The topological polar surface area (TPSA) is 74.8 Å². The Kier molecular flexibility index (Phi) is 3.21. The molecule has 6 nitrogen and oxygen atoms in total. The van der Waals surface area contributed by atoms with Crippen molar-refractivity contribution in [1.82, 2.24) is 8.61 Å². The van der Waals surface area contributed by atoms with Gasteiger partial charge in [0.2, 0.25) is 0 Å². The van der Waals surface area contributed by atoms with Crippen LogP contribution >= 0.6 is 22.0 Å². The molecule has 0 saturated carbocycles. The number of fused-ring (bicyclic) bond motifs is 4. The van der Waals surface area contributed by atoms with Crippen LogP contribution in [0.1, 0.15) is 19.8 Å². The summed E-state index contributed by atoms with van der Waals surface area (Å²) in [5.41, 5.74) is 0.613. The van der Waals surface area contributed by atoms with Gasteiger partial charge in [0.1, 0.15) is 0 Å². The zero-order valence-corrected chi connectivity index (χ0v) is 12.1. The molecular formula is C12H10N2O4S2. The highest BCUT2D eigenvalue weighted by Gasteiger charge is 2.45. The number of amides is 4. The Labute approximate surface area is 122 Å². The highest BCUT2D eigenvalue weighted by Crippen LogP contribution is 2.44. The lowest BCUT2D eigenvalue weighted by Crippen LogP contribution is -2.25. The van der Waals surface area contributed by atoms with Crippen molar-refractivity contribution in [3.8, 4) is 0 Å². The monoisotopic (exact) mass is 310 g/mol. The van der Waals surface area contributed by atoms with Crippen LogP contribution in [-0.2, 0) is 19.2 Å². The number of nitrogens with zero attached hydrogens (tertiary/aromatic N) is 2. The molecular weight excluding hydrogens is 300 g/mol. The SMILES string of the molecule is CCCC1C2=CC(=O)N(SSN3C(=O)C=C1C3=O)C2=O. The van der Waals surface area contributed by atoms with E-state index >= 15 is 0 Å². The smallest absolute Gasteiger partial charge is 0.268 e. The van der Waals surface area contributed by atoms with Gasteiger partial charge < -0.3 is 0 Å². The maximum atomic E-state index is 12.2. The van der Waals surface area contributed by atoms with E-state index in [9.17, 15) is 19.2 Å². The number of imide groups is 2. The Bertz CT molecular complexity index is 561. The molecule has 20 heavy (non-hydrogen) atoms. The van der Waals surface area contributed by atoms with Crippen LogP contribution in [0.3, 0.4) is 0 Å². The normalized spacial score (nSPS) is 22.9. The molecule has 0 atom stereocenters. The van der Waals surface area contributed by atoms with Gasteiger partial charge in [-0.2, -0.15) is 0 Å². The van der Waals surface area contributed by atoms with Crippen LogP contribution in [0.15, 0.2) is 23.3 Å². The minimum absolute atomic E-state index is 0.307. The summed E-state index contributed by atoms with van der Waals surface area (Å²) in [7, 11) is 1.61. The van der Waals surface area contributed by atoms with Crippen LogP contribution in [0, 0.1) is 5.92 Å². The lowest BCUT2D eigenvalue weighted by Gasteiger charge is -2.16. The van der Waals surface area contributed by atoms with Gasteiger partial charge in [-0.05, 0) is 6.42 Å². The highest BCUT2D eigenvalue weighted by molar-refractivity contribution is 8.75. The highest BCUT2D eigenvalue weighted by atomic mass is 33.1.